The molecular weight excluding hydrogens is 850 g/mol. The number of rotatable bonds is 9. The Bertz CT molecular complexity index is 3120. The van der Waals surface area contributed by atoms with Gasteiger partial charge in [0.05, 0.1) is 28.0 Å². The number of halogens is 3. The molecule has 0 unspecified atom stereocenters. The fourth-order valence-corrected chi connectivity index (χ4v) is 10.7. The molecule has 0 bridgehead atoms. The summed E-state index contributed by atoms with van der Waals surface area (Å²) in [6, 6.07) is 39.9. The van der Waals surface area contributed by atoms with Crippen molar-refractivity contribution in [2.75, 3.05) is 16.5 Å². The summed E-state index contributed by atoms with van der Waals surface area (Å²) in [6.07, 6.45) is 10.4. The van der Waals surface area contributed by atoms with E-state index in [2.05, 4.69) is 160 Å². The van der Waals surface area contributed by atoms with Gasteiger partial charge in [-0.3, -0.25) is 4.57 Å². The van der Waals surface area contributed by atoms with Gasteiger partial charge >= 0.3 is 0 Å². The topological polar surface area (TPSA) is 33.5 Å². The monoisotopic (exact) mass is 910 g/mol. The third-order valence-corrected chi connectivity index (χ3v) is 14.2. The molecule has 0 atom stereocenters. The molecule has 1 saturated carbocycles. The van der Waals surface area contributed by atoms with Gasteiger partial charge in [-0.25, -0.2) is 18.2 Å². The van der Waals surface area contributed by atoms with Crippen molar-refractivity contribution in [3.63, 3.8) is 0 Å². The maximum atomic E-state index is 15.4. The van der Waals surface area contributed by atoms with Gasteiger partial charge in [0.1, 0.15) is 41.4 Å². The van der Waals surface area contributed by atoms with Crippen LogP contribution in [0, 0.1) is 17.5 Å². The smallest absolute Gasteiger partial charge is 0.137 e. The Hall–Kier alpha value is -6.54. The van der Waals surface area contributed by atoms with Gasteiger partial charge < -0.3 is 14.5 Å². The highest BCUT2D eigenvalue weighted by atomic mass is 19.1. The van der Waals surface area contributed by atoms with Crippen molar-refractivity contribution in [2.45, 2.75) is 117 Å². The van der Waals surface area contributed by atoms with E-state index in [1.165, 1.54) is 43.2 Å². The van der Waals surface area contributed by atoms with E-state index in [1.54, 1.807) is 0 Å². The van der Waals surface area contributed by atoms with Crippen LogP contribution in [-0.2, 0) is 5.41 Å². The standard InChI is InChI=1S/C60H61F3N4O/c1-37(2)49-29-41(58-51(62)32-43(61)33-52(58)63)30-50(38(3)4)59(49)66-36-65(54-21-15-16-22-55(54)66)44-27-40(39-17-11-9-8-10-12-18-39)28-46(34-44)68-45-23-24-48-47-19-13-14-20-53(47)67(56(48)35-45)57-31-42(25-26-64-57)60(5,6)7/h13-16,19-35,37-39H,8-12,17-18,36H2,1-7H3. The Kier molecular flexibility index (Phi) is 12.1. The second-order valence-electron chi connectivity index (χ2n) is 20.6. The Balaban J connectivity index is 1.09. The summed E-state index contributed by atoms with van der Waals surface area (Å²) in [6.45, 7) is 15.7. The van der Waals surface area contributed by atoms with E-state index in [4.69, 9.17) is 9.72 Å². The van der Waals surface area contributed by atoms with Crippen LogP contribution in [0.15, 0.2) is 128 Å². The van der Waals surface area contributed by atoms with E-state index in [-0.39, 0.29) is 22.8 Å². The Morgan fingerprint density at radius 1 is 0.618 bits per heavy atom. The number of pyridine rings is 1. The van der Waals surface area contributed by atoms with Crippen molar-refractivity contribution in [1.82, 2.24) is 9.55 Å². The zero-order valence-corrected chi connectivity index (χ0v) is 40.3. The van der Waals surface area contributed by atoms with E-state index >= 15 is 8.78 Å². The van der Waals surface area contributed by atoms with E-state index in [0.717, 1.165) is 98.0 Å². The molecule has 1 fully saturated rings. The number of hydrogen-bond acceptors (Lipinski definition) is 4. The summed E-state index contributed by atoms with van der Waals surface area (Å²) in [4.78, 5) is 9.66. The van der Waals surface area contributed by atoms with Crippen LogP contribution in [0.5, 0.6) is 11.5 Å². The summed E-state index contributed by atoms with van der Waals surface area (Å²) in [5.41, 5.74) is 10.9. The minimum Gasteiger partial charge on any atom is -0.457 e. The first-order chi connectivity index (χ1) is 32.7. The Morgan fingerprint density at radius 3 is 1.93 bits per heavy atom. The molecule has 3 heterocycles. The van der Waals surface area contributed by atoms with Gasteiger partial charge in [0.15, 0.2) is 0 Å². The van der Waals surface area contributed by atoms with Gasteiger partial charge in [-0.2, -0.15) is 0 Å². The van der Waals surface area contributed by atoms with Gasteiger partial charge in [0.2, 0.25) is 0 Å². The van der Waals surface area contributed by atoms with Crippen LogP contribution in [0.1, 0.15) is 133 Å². The SMILES string of the molecule is CC(C)c1cc(-c2c(F)cc(F)cc2F)cc(C(C)C)c1N1CN(c2cc(Oc3ccc4c5ccccc5n(-c5cc(C(C)(C)C)ccn5)c4c3)cc(C3CCCCCCC3)c2)c2ccccc21. The van der Waals surface area contributed by atoms with E-state index in [9.17, 15) is 4.39 Å². The first-order valence-electron chi connectivity index (χ1n) is 24.5. The zero-order chi connectivity index (χ0) is 47.4. The van der Waals surface area contributed by atoms with E-state index in [0.29, 0.717) is 18.2 Å². The lowest BCUT2D eigenvalue weighted by Gasteiger charge is -2.30. The molecule has 8 aromatic rings. The molecule has 2 aliphatic rings. The number of ether oxygens (including phenoxy) is 1. The molecule has 6 aromatic carbocycles. The van der Waals surface area contributed by atoms with E-state index in [1.807, 2.05) is 18.3 Å². The largest absolute Gasteiger partial charge is 0.457 e. The van der Waals surface area contributed by atoms with Crippen molar-refractivity contribution < 1.29 is 17.9 Å². The Labute approximate surface area is 399 Å². The molecular formula is C60H61F3N4O. The zero-order valence-electron chi connectivity index (χ0n) is 40.3. The molecule has 8 heteroatoms. The molecule has 5 nitrogen and oxygen atoms in total. The number of hydrogen-bond donors (Lipinski definition) is 0. The predicted molar refractivity (Wildman–Crippen MR) is 274 cm³/mol. The molecule has 0 amide bonds. The van der Waals surface area contributed by atoms with Crippen LogP contribution in [0.2, 0.25) is 0 Å². The third kappa shape index (κ3) is 8.52. The predicted octanol–water partition coefficient (Wildman–Crippen LogP) is 17.7. The number of anilines is 4. The van der Waals surface area contributed by atoms with Gasteiger partial charge in [-0.05, 0) is 131 Å². The molecule has 0 radical (unpaired) electrons. The summed E-state index contributed by atoms with van der Waals surface area (Å²) >= 11 is 0. The van der Waals surface area contributed by atoms with Crippen molar-refractivity contribution in [1.29, 1.82) is 0 Å². The minimum atomic E-state index is -0.935. The molecule has 1 aliphatic heterocycles. The third-order valence-electron chi connectivity index (χ3n) is 14.2. The lowest BCUT2D eigenvalue weighted by molar-refractivity contribution is 0.451. The second kappa shape index (κ2) is 18.2. The molecule has 348 valence electrons. The van der Waals surface area contributed by atoms with Crippen LogP contribution in [-0.4, -0.2) is 16.2 Å². The molecule has 0 N–H and O–H groups in total. The van der Waals surface area contributed by atoms with Crippen molar-refractivity contribution in [3.8, 4) is 28.4 Å². The number of para-hydroxylation sites is 3. The highest BCUT2D eigenvalue weighted by Crippen LogP contribution is 2.51. The van der Waals surface area contributed by atoms with Gasteiger partial charge in [-0.15, -0.1) is 0 Å². The van der Waals surface area contributed by atoms with Gasteiger partial charge in [0.25, 0.3) is 0 Å². The number of nitrogens with zero attached hydrogens (tertiary/aromatic N) is 4. The van der Waals surface area contributed by atoms with Gasteiger partial charge in [0, 0.05) is 52.6 Å². The average Bonchev–Trinajstić information content (AvgIpc) is 3.84. The first-order valence-corrected chi connectivity index (χ1v) is 24.5. The number of fused-ring (bicyclic) bond motifs is 4. The number of benzene rings is 6. The summed E-state index contributed by atoms with van der Waals surface area (Å²) in [5.74, 6) is 0.0529. The maximum Gasteiger partial charge on any atom is 0.137 e. The fourth-order valence-electron chi connectivity index (χ4n) is 10.7. The summed E-state index contributed by atoms with van der Waals surface area (Å²) in [5, 5.41) is 2.30. The normalized spacial score (nSPS) is 14.9. The molecule has 1 aliphatic carbocycles. The first kappa shape index (κ1) is 45.3. The quantitative estimate of drug-likeness (QED) is 0.144. The molecule has 10 rings (SSSR count). The molecule has 0 spiro atoms. The highest BCUT2D eigenvalue weighted by molar-refractivity contribution is 6.09. The summed E-state index contributed by atoms with van der Waals surface area (Å²) < 4.78 is 54.3. The van der Waals surface area contributed by atoms with Crippen LogP contribution in [0.3, 0.4) is 0 Å². The average molecular weight is 911 g/mol. The lowest BCUT2D eigenvalue weighted by atomic mass is 9.85. The lowest BCUT2D eigenvalue weighted by Crippen LogP contribution is -2.26. The number of aromatic nitrogens is 2. The maximum absolute atomic E-state index is 15.4. The fraction of sp³-hybridized carbons (Fsp3) is 0.317. The molecule has 2 aromatic heterocycles. The van der Waals surface area contributed by atoms with Crippen LogP contribution >= 0.6 is 0 Å². The summed E-state index contributed by atoms with van der Waals surface area (Å²) in [7, 11) is 0. The van der Waals surface area contributed by atoms with Gasteiger partial charge in [-0.1, -0.05) is 111 Å². The molecule has 68 heavy (non-hydrogen) atoms. The van der Waals surface area contributed by atoms with Crippen LogP contribution in [0.25, 0.3) is 38.8 Å². The molecule has 0 saturated heterocycles. The minimum absolute atomic E-state index is 0.00660. The highest BCUT2D eigenvalue weighted by Gasteiger charge is 2.33. The van der Waals surface area contributed by atoms with Crippen LogP contribution < -0.4 is 14.5 Å². The van der Waals surface area contributed by atoms with Crippen molar-refractivity contribution in [3.05, 3.63) is 167 Å². The Morgan fingerprint density at radius 2 is 1.25 bits per heavy atom. The second-order valence-corrected chi connectivity index (χ2v) is 20.6. The van der Waals surface area contributed by atoms with Crippen molar-refractivity contribution in [2.24, 2.45) is 0 Å². The van der Waals surface area contributed by atoms with E-state index < -0.39 is 17.5 Å². The van der Waals surface area contributed by atoms with Crippen molar-refractivity contribution >= 4 is 44.6 Å². The van der Waals surface area contributed by atoms with Crippen LogP contribution in [0.4, 0.5) is 35.9 Å².